The maximum atomic E-state index is 12.7. The smallest absolute Gasteiger partial charge is 0.224 e. The van der Waals surface area contributed by atoms with Gasteiger partial charge in [0.25, 0.3) is 0 Å². The van der Waals surface area contributed by atoms with Crippen LogP contribution in [0.3, 0.4) is 0 Å². The van der Waals surface area contributed by atoms with Gasteiger partial charge in [0.15, 0.2) is 5.78 Å². The first kappa shape index (κ1) is 17.8. The van der Waals surface area contributed by atoms with Crippen molar-refractivity contribution in [1.82, 2.24) is 9.97 Å². The minimum atomic E-state index is -0.538. The molecule has 5 nitrogen and oxygen atoms in total. The molecular formula is C18H16Cl3N3O2. The van der Waals surface area contributed by atoms with E-state index in [0.717, 1.165) is 11.5 Å². The summed E-state index contributed by atoms with van der Waals surface area (Å²) in [4.78, 5) is 23.2. The van der Waals surface area contributed by atoms with Gasteiger partial charge in [-0.1, -0.05) is 23.2 Å². The second-order valence-corrected chi connectivity index (χ2v) is 7.95. The third-order valence-electron chi connectivity index (χ3n) is 4.92. The number of carbonyl (C=O) groups is 1. The Labute approximate surface area is 166 Å². The summed E-state index contributed by atoms with van der Waals surface area (Å²) in [5, 5.41) is 1.05. The number of carbonyl (C=O) groups excluding carboxylic acids is 1. The Morgan fingerprint density at radius 3 is 2.54 bits per heavy atom. The van der Waals surface area contributed by atoms with E-state index in [0.29, 0.717) is 53.7 Å². The van der Waals surface area contributed by atoms with Crippen LogP contribution in [-0.4, -0.2) is 34.4 Å². The van der Waals surface area contributed by atoms with E-state index in [-0.39, 0.29) is 11.1 Å². The summed E-state index contributed by atoms with van der Waals surface area (Å²) in [6, 6.07) is 5.14. The third-order valence-corrected chi connectivity index (χ3v) is 5.59. The number of fused-ring (bicyclic) bond motifs is 1. The van der Waals surface area contributed by atoms with Crippen LogP contribution in [0.1, 0.15) is 35.3 Å². The highest BCUT2D eigenvalue weighted by molar-refractivity contribution is 6.36. The van der Waals surface area contributed by atoms with E-state index < -0.39 is 5.60 Å². The molecular weight excluding hydrogens is 397 g/mol. The molecule has 0 atom stereocenters. The Morgan fingerprint density at radius 1 is 1.12 bits per heavy atom. The van der Waals surface area contributed by atoms with E-state index in [2.05, 4.69) is 14.9 Å². The Balaban J connectivity index is 1.56. The SMILES string of the molecule is Cc1cc(N2CCC3(CC2)CC(=O)c2cc(Cl)cc(Cl)c2O3)nc(Cl)n1. The maximum Gasteiger partial charge on any atom is 0.224 e. The summed E-state index contributed by atoms with van der Waals surface area (Å²) in [5.74, 6) is 1.26. The molecule has 0 bridgehead atoms. The Bertz CT molecular complexity index is 875. The summed E-state index contributed by atoms with van der Waals surface area (Å²) in [5.41, 5.74) is 0.750. The number of ether oxygens (including phenoxy) is 1. The Kier molecular flexibility index (Phi) is 4.49. The molecule has 0 radical (unpaired) electrons. The Morgan fingerprint density at radius 2 is 1.85 bits per heavy atom. The number of aromatic nitrogens is 2. The van der Waals surface area contributed by atoms with Crippen LogP contribution in [0, 0.1) is 6.92 Å². The number of anilines is 1. The van der Waals surface area contributed by atoms with Gasteiger partial charge in [0.2, 0.25) is 5.28 Å². The molecule has 1 saturated heterocycles. The number of aryl methyl sites for hydroxylation is 1. The molecule has 1 fully saturated rings. The molecule has 0 saturated carbocycles. The van der Waals surface area contributed by atoms with E-state index in [1.807, 2.05) is 13.0 Å². The largest absolute Gasteiger partial charge is 0.484 e. The zero-order valence-corrected chi connectivity index (χ0v) is 16.3. The highest BCUT2D eigenvalue weighted by Gasteiger charge is 2.44. The molecule has 0 amide bonds. The summed E-state index contributed by atoms with van der Waals surface area (Å²) in [6.07, 6.45) is 1.71. The van der Waals surface area contributed by atoms with Crippen LogP contribution in [0.25, 0.3) is 0 Å². The highest BCUT2D eigenvalue weighted by atomic mass is 35.5. The molecule has 4 rings (SSSR count). The second-order valence-electron chi connectivity index (χ2n) is 6.77. The summed E-state index contributed by atoms with van der Waals surface area (Å²) in [6.45, 7) is 3.30. The van der Waals surface area contributed by atoms with Crippen molar-refractivity contribution in [3.8, 4) is 5.75 Å². The van der Waals surface area contributed by atoms with Crippen molar-refractivity contribution < 1.29 is 9.53 Å². The standard InChI is InChI=1S/C18H16Cl3N3O2/c1-10-6-15(23-17(21)22-10)24-4-2-18(3-5-24)9-14(25)12-7-11(19)8-13(20)16(12)26-18/h6-8H,2-5,9H2,1H3. The van der Waals surface area contributed by atoms with E-state index in [4.69, 9.17) is 39.5 Å². The molecule has 8 heteroatoms. The first-order chi connectivity index (χ1) is 12.3. The van der Waals surface area contributed by atoms with Crippen LogP contribution in [0.15, 0.2) is 18.2 Å². The molecule has 2 aromatic rings. The van der Waals surface area contributed by atoms with Crippen molar-refractivity contribution in [3.63, 3.8) is 0 Å². The average molecular weight is 413 g/mol. The van der Waals surface area contributed by atoms with Crippen LogP contribution < -0.4 is 9.64 Å². The van der Waals surface area contributed by atoms with Gasteiger partial charge >= 0.3 is 0 Å². The lowest BCUT2D eigenvalue weighted by Crippen LogP contribution is -2.51. The van der Waals surface area contributed by atoms with Crippen LogP contribution >= 0.6 is 34.8 Å². The molecule has 1 spiro atoms. The van der Waals surface area contributed by atoms with Crippen molar-refractivity contribution in [2.24, 2.45) is 0 Å². The van der Waals surface area contributed by atoms with Gasteiger partial charge in [0.1, 0.15) is 17.2 Å². The normalized spacial score (nSPS) is 18.6. The van der Waals surface area contributed by atoms with Gasteiger partial charge in [-0.2, -0.15) is 0 Å². The van der Waals surface area contributed by atoms with E-state index in [1.165, 1.54) is 0 Å². The first-order valence-electron chi connectivity index (χ1n) is 8.33. The Hall–Kier alpha value is -1.56. The van der Waals surface area contributed by atoms with Crippen molar-refractivity contribution in [2.45, 2.75) is 31.8 Å². The summed E-state index contributed by atoms with van der Waals surface area (Å²) in [7, 11) is 0. The molecule has 136 valence electrons. The quantitative estimate of drug-likeness (QED) is 0.633. The minimum Gasteiger partial charge on any atom is -0.484 e. The molecule has 1 aromatic carbocycles. The molecule has 0 N–H and O–H groups in total. The highest BCUT2D eigenvalue weighted by Crippen LogP contribution is 2.44. The van der Waals surface area contributed by atoms with Gasteiger partial charge in [0, 0.05) is 42.7 Å². The van der Waals surface area contributed by atoms with Crippen molar-refractivity contribution in [2.75, 3.05) is 18.0 Å². The molecule has 0 aliphatic carbocycles. The molecule has 2 aliphatic rings. The number of halogens is 3. The monoisotopic (exact) mass is 411 g/mol. The van der Waals surface area contributed by atoms with Gasteiger partial charge in [-0.05, 0) is 30.7 Å². The lowest BCUT2D eigenvalue weighted by atomic mass is 9.82. The first-order valence-corrected chi connectivity index (χ1v) is 9.46. The van der Waals surface area contributed by atoms with Crippen LogP contribution in [0.5, 0.6) is 5.75 Å². The minimum absolute atomic E-state index is 0.0185. The zero-order chi connectivity index (χ0) is 18.5. The average Bonchev–Trinajstić information content (AvgIpc) is 2.56. The van der Waals surface area contributed by atoms with Crippen LogP contribution in [-0.2, 0) is 0 Å². The fourth-order valence-electron chi connectivity index (χ4n) is 3.61. The number of rotatable bonds is 1. The zero-order valence-electron chi connectivity index (χ0n) is 14.1. The number of ketones is 1. The number of hydrogen-bond donors (Lipinski definition) is 0. The topological polar surface area (TPSA) is 55.3 Å². The molecule has 0 unspecified atom stereocenters. The van der Waals surface area contributed by atoms with E-state index >= 15 is 0 Å². The van der Waals surface area contributed by atoms with E-state index in [9.17, 15) is 4.79 Å². The van der Waals surface area contributed by atoms with Gasteiger partial charge in [0.05, 0.1) is 17.0 Å². The lowest BCUT2D eigenvalue weighted by molar-refractivity contribution is 0.0232. The van der Waals surface area contributed by atoms with Gasteiger partial charge < -0.3 is 9.64 Å². The van der Waals surface area contributed by atoms with Crippen LogP contribution in [0.2, 0.25) is 15.3 Å². The third kappa shape index (κ3) is 3.24. The van der Waals surface area contributed by atoms with Crippen molar-refractivity contribution in [1.29, 1.82) is 0 Å². The van der Waals surface area contributed by atoms with Gasteiger partial charge in [-0.25, -0.2) is 9.97 Å². The molecule has 1 aromatic heterocycles. The molecule has 2 aliphatic heterocycles. The fraction of sp³-hybridized carbons (Fsp3) is 0.389. The molecule has 3 heterocycles. The second kappa shape index (κ2) is 6.55. The number of benzene rings is 1. The number of Topliss-reactive ketones (excluding diaryl/α,β-unsaturated/α-hetero) is 1. The summed E-state index contributed by atoms with van der Waals surface area (Å²) >= 11 is 18.3. The fourth-order valence-corrected chi connectivity index (χ4v) is 4.36. The van der Waals surface area contributed by atoms with Crippen molar-refractivity contribution in [3.05, 3.63) is 44.8 Å². The van der Waals surface area contributed by atoms with Crippen molar-refractivity contribution >= 4 is 46.4 Å². The van der Waals surface area contributed by atoms with Gasteiger partial charge in [-0.3, -0.25) is 4.79 Å². The van der Waals surface area contributed by atoms with Crippen LogP contribution in [0.4, 0.5) is 5.82 Å². The number of hydrogen-bond acceptors (Lipinski definition) is 5. The predicted octanol–water partition coefficient (Wildman–Crippen LogP) is 4.75. The maximum absolute atomic E-state index is 12.7. The lowest BCUT2D eigenvalue weighted by Gasteiger charge is -2.44. The predicted molar refractivity (Wildman–Crippen MR) is 102 cm³/mol. The van der Waals surface area contributed by atoms with Gasteiger partial charge in [-0.15, -0.1) is 0 Å². The molecule has 26 heavy (non-hydrogen) atoms. The number of nitrogens with zero attached hydrogens (tertiary/aromatic N) is 3. The summed E-state index contributed by atoms with van der Waals surface area (Å²) < 4.78 is 6.25. The van der Waals surface area contributed by atoms with E-state index in [1.54, 1.807) is 12.1 Å². The number of piperidine rings is 1.